The van der Waals surface area contributed by atoms with Gasteiger partial charge in [0.25, 0.3) is 0 Å². The highest BCUT2D eigenvalue weighted by Gasteiger charge is 2.54. The lowest BCUT2D eigenvalue weighted by molar-refractivity contribution is 0.665. The van der Waals surface area contributed by atoms with Gasteiger partial charge in [-0.15, -0.1) is 0 Å². The summed E-state index contributed by atoms with van der Waals surface area (Å²) in [7, 11) is 0. The van der Waals surface area contributed by atoms with E-state index >= 15 is 0 Å². The summed E-state index contributed by atoms with van der Waals surface area (Å²) >= 11 is 0. The molecule has 5 heterocycles. The van der Waals surface area contributed by atoms with Crippen molar-refractivity contribution in [3.8, 4) is 67.0 Å². The Morgan fingerprint density at radius 2 is 0.677 bits per heavy atom. The number of benzene rings is 15. The van der Waals surface area contributed by atoms with Crippen LogP contribution in [0.5, 0.6) is 0 Å². The first kappa shape index (κ1) is 52.9. The van der Waals surface area contributed by atoms with Gasteiger partial charge in [-0.3, -0.25) is 0 Å². The predicted molar refractivity (Wildman–Crippen MR) is 397 cm³/mol. The summed E-state index contributed by atoms with van der Waals surface area (Å²) < 4.78 is 20.6. The Bertz CT molecular complexity index is 6240. The molecule has 1 unspecified atom stereocenters. The molecule has 446 valence electrons. The van der Waals surface area contributed by atoms with Crippen molar-refractivity contribution in [3.63, 3.8) is 0 Å². The SMILES string of the molecule is c1ccc(-c2ccc(N(c3ccc(-c4ccccc4)cc3)c3cc4c(c5oc6ccccc6c35)-c3c(cc(-n5c6ccc(-c7ccccc7)cc6c6cc(-c7ccccc7)ccc65)c5c3oc3ccccc35)C43c4ccccc4-n4c5ccccc5c5cccc3c54)cc2)cc1. The highest BCUT2D eigenvalue weighted by atomic mass is 16.3. The second-order valence-electron chi connectivity index (χ2n) is 25.8. The van der Waals surface area contributed by atoms with Crippen LogP contribution < -0.4 is 4.90 Å². The van der Waals surface area contributed by atoms with Crippen LogP contribution in [-0.4, -0.2) is 9.13 Å². The van der Waals surface area contributed by atoms with Crippen molar-refractivity contribution >= 4 is 105 Å². The molecule has 0 fully saturated rings. The van der Waals surface area contributed by atoms with Crippen molar-refractivity contribution in [2.75, 3.05) is 4.90 Å². The van der Waals surface area contributed by atoms with Crippen molar-refractivity contribution in [2.45, 2.75) is 5.41 Å². The lowest BCUT2D eigenvalue weighted by Gasteiger charge is -2.40. The van der Waals surface area contributed by atoms with Crippen LogP contribution in [0.3, 0.4) is 0 Å². The van der Waals surface area contributed by atoms with Crippen LogP contribution in [0.4, 0.5) is 17.1 Å². The first-order chi connectivity index (χ1) is 47.6. The maximum absolute atomic E-state index is 7.75. The topological polar surface area (TPSA) is 39.4 Å². The summed E-state index contributed by atoms with van der Waals surface area (Å²) in [5, 5.41) is 8.87. The number of hydrogen-bond acceptors (Lipinski definition) is 3. The van der Waals surface area contributed by atoms with Gasteiger partial charge < -0.3 is 22.9 Å². The summed E-state index contributed by atoms with van der Waals surface area (Å²) in [6, 6.07) is 123. The molecule has 4 aromatic heterocycles. The second kappa shape index (κ2) is 20.2. The molecule has 0 N–H and O–H groups in total. The second-order valence-corrected chi connectivity index (χ2v) is 25.8. The molecule has 0 bridgehead atoms. The van der Waals surface area contributed by atoms with Crippen LogP contribution in [0.2, 0.25) is 0 Å². The Morgan fingerprint density at radius 1 is 0.260 bits per heavy atom. The van der Waals surface area contributed by atoms with Crippen molar-refractivity contribution in [2.24, 2.45) is 0 Å². The van der Waals surface area contributed by atoms with E-state index in [-0.39, 0.29) is 0 Å². The van der Waals surface area contributed by atoms with Crippen LogP contribution in [0, 0.1) is 0 Å². The Labute approximate surface area is 552 Å². The van der Waals surface area contributed by atoms with Gasteiger partial charge in [-0.2, -0.15) is 0 Å². The van der Waals surface area contributed by atoms with Gasteiger partial charge >= 0.3 is 0 Å². The zero-order chi connectivity index (χ0) is 62.7. The third kappa shape index (κ3) is 7.34. The van der Waals surface area contributed by atoms with Gasteiger partial charge in [-0.25, -0.2) is 0 Å². The number of hydrogen-bond donors (Lipinski definition) is 0. The van der Waals surface area contributed by atoms with Gasteiger partial charge in [0.05, 0.1) is 55.3 Å². The Morgan fingerprint density at radius 3 is 1.25 bits per heavy atom. The standard InChI is InChI=1S/C91H55N3O2/c1-5-22-56(23-6-1)60-40-46-64(47-41-60)92(65-48-42-61(43-49-65)57-24-7-2-8-25-57)80-54-74-86(89-84(80)68-31-14-19-38-82(68)95-89)87-75(91(74)72-34-16-18-37-79(72)94-76-36-17-13-30-66(76)67-33-21-35-73(91)88(67)94)55-81(85-69-32-15-20-39-83(69)96-90(85)87)93-77-50-44-62(58-26-9-3-10-27-58)52-70(77)71-53-63(45-51-78(71)93)59-28-11-4-12-29-59/h1-55H. The van der Waals surface area contributed by atoms with Gasteiger partial charge in [0.1, 0.15) is 22.3 Å². The minimum atomic E-state index is -0.991. The van der Waals surface area contributed by atoms with Gasteiger partial charge in [0.15, 0.2) is 0 Å². The predicted octanol–water partition coefficient (Wildman–Crippen LogP) is 24.5. The summed E-state index contributed by atoms with van der Waals surface area (Å²) in [6.45, 7) is 0. The van der Waals surface area contributed by atoms with Gasteiger partial charge in [0.2, 0.25) is 0 Å². The monoisotopic (exact) mass is 1220 g/mol. The number of anilines is 3. The highest BCUT2D eigenvalue weighted by Crippen LogP contribution is 2.66. The molecule has 0 amide bonds. The molecule has 1 aliphatic heterocycles. The van der Waals surface area contributed by atoms with E-state index in [1.54, 1.807) is 0 Å². The van der Waals surface area contributed by atoms with Gasteiger partial charge in [-0.05, 0) is 152 Å². The number of rotatable bonds is 8. The van der Waals surface area contributed by atoms with Crippen LogP contribution in [0.25, 0.3) is 154 Å². The van der Waals surface area contributed by atoms with Crippen LogP contribution in [0.15, 0.2) is 342 Å². The van der Waals surface area contributed by atoms with Crippen LogP contribution in [-0.2, 0) is 5.41 Å². The highest BCUT2D eigenvalue weighted by molar-refractivity contribution is 6.26. The van der Waals surface area contributed by atoms with Crippen molar-refractivity contribution in [3.05, 3.63) is 356 Å². The average Bonchev–Trinajstić information content (AvgIpc) is 1.47. The van der Waals surface area contributed by atoms with E-state index in [2.05, 4.69) is 348 Å². The van der Waals surface area contributed by atoms with Crippen LogP contribution >= 0.6 is 0 Å². The molecule has 96 heavy (non-hydrogen) atoms. The van der Waals surface area contributed by atoms with Crippen molar-refractivity contribution in [1.29, 1.82) is 0 Å². The normalized spacial score (nSPS) is 13.9. The van der Waals surface area contributed by atoms with E-state index in [1.807, 2.05) is 0 Å². The first-order valence-electron chi connectivity index (χ1n) is 33.0. The molecule has 5 nitrogen and oxygen atoms in total. The fourth-order valence-corrected chi connectivity index (χ4v) is 16.8. The summed E-state index contributed by atoms with van der Waals surface area (Å²) in [5.41, 5.74) is 27.9. The Hall–Kier alpha value is -12.7. The molecule has 0 radical (unpaired) electrons. The molecule has 2 aliphatic rings. The molecular weight excluding hydrogens is 1170 g/mol. The Kier molecular flexibility index (Phi) is 11.1. The quantitative estimate of drug-likeness (QED) is 0.152. The third-order valence-corrected chi connectivity index (χ3v) is 20.9. The largest absolute Gasteiger partial charge is 0.455 e. The average molecular weight is 1220 g/mol. The fourth-order valence-electron chi connectivity index (χ4n) is 16.8. The number of nitrogens with zero attached hydrogens (tertiary/aromatic N) is 3. The van der Waals surface area contributed by atoms with E-state index < -0.39 is 5.41 Å². The van der Waals surface area contributed by atoms with E-state index in [0.717, 1.165) is 139 Å². The summed E-state index contributed by atoms with van der Waals surface area (Å²) in [4.78, 5) is 2.48. The minimum Gasteiger partial charge on any atom is -0.455 e. The fraction of sp³-hybridized carbons (Fsp3) is 0.0110. The number of fused-ring (bicyclic) bond motifs is 23. The number of furan rings is 2. The lowest BCUT2D eigenvalue weighted by Crippen LogP contribution is -2.33. The van der Waals surface area contributed by atoms with E-state index in [4.69, 9.17) is 8.83 Å². The molecule has 15 aromatic carbocycles. The zero-order valence-corrected chi connectivity index (χ0v) is 51.9. The number of para-hydroxylation sites is 5. The molecule has 5 heteroatoms. The van der Waals surface area contributed by atoms with E-state index in [1.165, 1.54) is 54.8 Å². The van der Waals surface area contributed by atoms with Gasteiger partial charge in [0, 0.05) is 54.8 Å². The van der Waals surface area contributed by atoms with Crippen LogP contribution in [0.1, 0.15) is 22.3 Å². The smallest absolute Gasteiger partial charge is 0.145 e. The van der Waals surface area contributed by atoms with Gasteiger partial charge in [-0.1, -0.05) is 249 Å². The zero-order valence-electron chi connectivity index (χ0n) is 51.9. The molecular formula is C91H55N3O2. The maximum atomic E-state index is 7.75. The summed E-state index contributed by atoms with van der Waals surface area (Å²) in [5.74, 6) is 0. The molecule has 19 aromatic rings. The third-order valence-electron chi connectivity index (χ3n) is 20.9. The maximum Gasteiger partial charge on any atom is 0.145 e. The molecule has 1 atom stereocenters. The van der Waals surface area contributed by atoms with Crippen molar-refractivity contribution in [1.82, 2.24) is 9.13 Å². The first-order valence-corrected chi connectivity index (χ1v) is 33.0. The molecule has 0 saturated heterocycles. The van der Waals surface area contributed by atoms with E-state index in [9.17, 15) is 0 Å². The molecule has 0 saturated carbocycles. The molecule has 1 aliphatic carbocycles. The molecule has 1 spiro atoms. The number of aromatic nitrogens is 2. The Balaban J connectivity index is 0.938. The lowest BCUT2D eigenvalue weighted by atomic mass is 9.65. The van der Waals surface area contributed by atoms with E-state index in [0.29, 0.717) is 0 Å². The molecule has 21 rings (SSSR count). The summed E-state index contributed by atoms with van der Waals surface area (Å²) in [6.07, 6.45) is 0. The minimum absolute atomic E-state index is 0.803. The van der Waals surface area contributed by atoms with Crippen molar-refractivity contribution < 1.29 is 8.83 Å².